The number of hydrogen-bond acceptors (Lipinski definition) is 6. The second-order valence-electron chi connectivity index (χ2n) is 11.7. The zero-order chi connectivity index (χ0) is 38.5. The molecule has 0 saturated carbocycles. The van der Waals surface area contributed by atoms with Crippen molar-refractivity contribution >= 4 is 66.1 Å². The molecule has 0 aromatic heterocycles. The molecule has 0 aliphatic rings. The van der Waals surface area contributed by atoms with Crippen LogP contribution in [0.1, 0.15) is 76.5 Å². The summed E-state index contributed by atoms with van der Waals surface area (Å²) in [4.78, 5) is 34.4. The van der Waals surface area contributed by atoms with Gasteiger partial charge in [0.25, 0.3) is 0 Å². The molecule has 0 unspecified atom stereocenters. The van der Waals surface area contributed by atoms with Crippen molar-refractivity contribution in [1.29, 1.82) is 0 Å². The summed E-state index contributed by atoms with van der Waals surface area (Å²) in [7, 11) is 0. The van der Waals surface area contributed by atoms with Crippen molar-refractivity contribution in [1.82, 2.24) is 16.0 Å². The molecular weight excluding hydrogens is 846 g/mol. The summed E-state index contributed by atoms with van der Waals surface area (Å²) in [5, 5.41) is 8.01. The third-order valence-electron chi connectivity index (χ3n) is 6.16. The van der Waals surface area contributed by atoms with E-state index in [-0.39, 0.29) is 18.1 Å². The van der Waals surface area contributed by atoms with E-state index in [9.17, 15) is 14.4 Å². The fourth-order valence-electron chi connectivity index (χ4n) is 3.87. The van der Waals surface area contributed by atoms with E-state index in [1.54, 1.807) is 18.2 Å². The predicted octanol–water partition coefficient (Wildman–Crippen LogP) is 11.4. The average Bonchev–Trinajstić information content (AvgIpc) is 3.06. The van der Waals surface area contributed by atoms with Crippen LogP contribution in [0.3, 0.4) is 0 Å². The van der Waals surface area contributed by atoms with Crippen LogP contribution in [0, 0.1) is 0 Å². The highest BCUT2D eigenvalue weighted by molar-refractivity contribution is 9.11. The van der Waals surface area contributed by atoms with E-state index in [1.807, 2.05) is 114 Å². The number of nitrogens with one attached hydrogen (secondary N) is 3. The van der Waals surface area contributed by atoms with Gasteiger partial charge in [-0.05, 0) is 113 Å². The Morgan fingerprint density at radius 1 is 0.471 bits per heavy atom. The molecule has 3 N–H and O–H groups in total. The zero-order valence-electron chi connectivity index (χ0n) is 29.8. The van der Waals surface area contributed by atoms with Crippen molar-refractivity contribution in [2.75, 3.05) is 0 Å². The highest BCUT2D eigenvalue weighted by atomic mass is 79.9. The Morgan fingerprint density at radius 3 is 0.824 bits per heavy atom. The maximum Gasteiger partial charge on any atom is 0.408 e. The van der Waals surface area contributed by atoms with E-state index in [0.717, 1.165) is 30.1 Å². The molecular formula is C39H48Br3N3O6. The fraction of sp³-hybridized carbons (Fsp3) is 0.308. The van der Waals surface area contributed by atoms with Gasteiger partial charge in [0.1, 0.15) is 18.3 Å². The molecule has 51 heavy (non-hydrogen) atoms. The summed E-state index contributed by atoms with van der Waals surface area (Å²) in [6, 6.07) is 22.9. The molecule has 3 aromatic carbocycles. The summed E-state index contributed by atoms with van der Waals surface area (Å²) in [6.07, 6.45) is 2.20. The topological polar surface area (TPSA) is 115 Å². The highest BCUT2D eigenvalue weighted by Crippen LogP contribution is 2.23. The van der Waals surface area contributed by atoms with E-state index in [1.165, 1.54) is 0 Å². The molecule has 0 aliphatic heterocycles. The fourth-order valence-corrected chi connectivity index (χ4v) is 4.66. The summed E-state index contributed by atoms with van der Waals surface area (Å²) in [6.45, 7) is 22.3. The van der Waals surface area contributed by atoms with Crippen LogP contribution in [0.4, 0.5) is 14.4 Å². The third-order valence-corrected chi connectivity index (χ3v) is 7.75. The van der Waals surface area contributed by atoms with Gasteiger partial charge in [-0.3, -0.25) is 0 Å². The summed E-state index contributed by atoms with van der Waals surface area (Å²) in [5.41, 5.74) is 2.67. The van der Waals surface area contributed by atoms with Crippen molar-refractivity contribution in [2.45, 2.75) is 78.0 Å². The van der Waals surface area contributed by atoms with Crippen LogP contribution in [0.25, 0.3) is 0 Å². The lowest BCUT2D eigenvalue weighted by molar-refractivity contribution is 0.117. The Bertz CT molecular complexity index is 1340. The van der Waals surface area contributed by atoms with Crippen LogP contribution in [0.2, 0.25) is 0 Å². The molecule has 0 spiro atoms. The lowest BCUT2D eigenvalue weighted by atomic mass is 10.1. The number of carbonyl (C=O) groups excluding carboxylic acids is 3. The second kappa shape index (κ2) is 24.3. The molecule has 0 bridgehead atoms. The van der Waals surface area contributed by atoms with Crippen molar-refractivity contribution in [2.24, 2.45) is 0 Å². The predicted molar refractivity (Wildman–Crippen MR) is 215 cm³/mol. The molecule has 3 amide bonds. The van der Waals surface area contributed by atoms with Crippen LogP contribution < -0.4 is 16.0 Å². The summed E-state index contributed by atoms with van der Waals surface area (Å²) < 4.78 is 18.7. The van der Waals surface area contributed by atoms with Gasteiger partial charge in [-0.2, -0.15) is 0 Å². The first-order valence-corrected chi connectivity index (χ1v) is 18.5. The Hall–Kier alpha value is -3.87. The van der Waals surface area contributed by atoms with Gasteiger partial charge in [-0.25, -0.2) is 14.4 Å². The minimum absolute atomic E-state index is 0.0536. The van der Waals surface area contributed by atoms with Crippen LogP contribution in [-0.4, -0.2) is 36.4 Å². The van der Waals surface area contributed by atoms with Gasteiger partial charge in [0.15, 0.2) is 0 Å². The molecule has 0 heterocycles. The third kappa shape index (κ3) is 19.4. The number of hydrogen-bond donors (Lipinski definition) is 3. The quantitative estimate of drug-likeness (QED) is 0.123. The Balaban J connectivity index is 0.000000382. The molecule has 0 radical (unpaired) electrons. The molecule has 12 heteroatoms. The monoisotopic (exact) mass is 891 g/mol. The Labute approximate surface area is 327 Å². The van der Waals surface area contributed by atoms with Gasteiger partial charge in [0, 0.05) is 31.5 Å². The minimum Gasteiger partial charge on any atom is -0.437 e. The molecule has 0 saturated heterocycles. The first-order chi connectivity index (χ1) is 24.1. The Kier molecular flexibility index (Phi) is 21.5. The van der Waals surface area contributed by atoms with Crippen LogP contribution in [0.5, 0.6) is 0 Å². The number of amides is 3. The molecule has 3 rings (SSSR count). The lowest BCUT2D eigenvalue weighted by Crippen LogP contribution is -2.31. The largest absolute Gasteiger partial charge is 0.437 e. The smallest absolute Gasteiger partial charge is 0.408 e. The van der Waals surface area contributed by atoms with Crippen LogP contribution in [0.15, 0.2) is 124 Å². The van der Waals surface area contributed by atoms with Gasteiger partial charge >= 0.3 is 18.3 Å². The van der Waals surface area contributed by atoms with Crippen molar-refractivity contribution in [3.8, 4) is 0 Å². The standard InChI is InChI=1S/3C13H16BrNO2/c3*1-4-12(17-13(16)15-9(2)3)10-5-7-11(14)8-6-10/h3*4-9,12H,1H2,2-3H3,(H,15,16)/t3*12-/m111/s1. The molecule has 3 atom stereocenters. The highest BCUT2D eigenvalue weighted by Gasteiger charge is 2.16. The van der Waals surface area contributed by atoms with E-state index >= 15 is 0 Å². The minimum atomic E-state index is -0.437. The molecule has 276 valence electrons. The van der Waals surface area contributed by atoms with E-state index in [0.29, 0.717) is 0 Å². The SMILES string of the molecule is C=C[C@@H](OC(=O)NC(C)C)c1ccc(Br)cc1.C=C[C@@H](OC(=O)NC(C)C)c1ccc(Br)cc1.C=C[C@@H](OC(=O)NC(C)C)c1ccc(Br)cc1. The van der Waals surface area contributed by atoms with Gasteiger partial charge in [0.2, 0.25) is 0 Å². The first-order valence-electron chi connectivity index (χ1n) is 16.1. The van der Waals surface area contributed by atoms with Gasteiger partial charge < -0.3 is 30.2 Å². The molecule has 3 aromatic rings. The average molecular weight is 895 g/mol. The van der Waals surface area contributed by atoms with Crippen LogP contribution in [-0.2, 0) is 14.2 Å². The van der Waals surface area contributed by atoms with Gasteiger partial charge in [-0.15, -0.1) is 0 Å². The number of halogens is 3. The number of alkyl carbamates (subject to hydrolysis) is 3. The van der Waals surface area contributed by atoms with Crippen molar-refractivity contribution in [3.05, 3.63) is 141 Å². The van der Waals surface area contributed by atoms with Crippen molar-refractivity contribution in [3.63, 3.8) is 0 Å². The van der Waals surface area contributed by atoms with Gasteiger partial charge in [0.05, 0.1) is 0 Å². The number of rotatable bonds is 12. The Morgan fingerprint density at radius 2 is 0.667 bits per heavy atom. The molecule has 0 fully saturated rings. The van der Waals surface area contributed by atoms with Crippen molar-refractivity contribution < 1.29 is 28.6 Å². The maximum atomic E-state index is 11.5. The summed E-state index contributed by atoms with van der Waals surface area (Å²) in [5.74, 6) is 0. The van der Waals surface area contributed by atoms with E-state index in [4.69, 9.17) is 14.2 Å². The van der Waals surface area contributed by atoms with E-state index < -0.39 is 36.6 Å². The maximum absolute atomic E-state index is 11.5. The second-order valence-corrected chi connectivity index (χ2v) is 14.5. The first kappa shape index (κ1) is 45.2. The number of carbonyl (C=O) groups is 3. The number of ether oxygens (including phenoxy) is 3. The van der Waals surface area contributed by atoms with Gasteiger partial charge in [-0.1, -0.05) is 104 Å². The van der Waals surface area contributed by atoms with E-state index in [2.05, 4.69) is 83.5 Å². The zero-order valence-corrected chi connectivity index (χ0v) is 34.6. The van der Waals surface area contributed by atoms with Crippen LogP contribution >= 0.6 is 47.8 Å². The molecule has 9 nitrogen and oxygen atoms in total. The number of benzene rings is 3. The molecule has 0 aliphatic carbocycles. The lowest BCUT2D eigenvalue weighted by Gasteiger charge is -2.16. The summed E-state index contributed by atoms with van der Waals surface area (Å²) >= 11 is 10.1. The normalized spacial score (nSPS) is 12.0.